The zero-order chi connectivity index (χ0) is 33.6. The number of alkyl halides is 3. The van der Waals surface area contributed by atoms with Crippen molar-refractivity contribution in [2.45, 2.75) is 104 Å². The summed E-state index contributed by atoms with van der Waals surface area (Å²) in [5.74, 6) is 0.0134. The lowest BCUT2D eigenvalue weighted by molar-refractivity contribution is -0.137. The molecule has 2 aromatic heterocycles. The number of aliphatic hydroxyl groups is 2. The molecule has 2 atom stereocenters. The first-order valence-corrected chi connectivity index (χ1v) is 16.8. The second-order valence-corrected chi connectivity index (χ2v) is 13.9. The summed E-state index contributed by atoms with van der Waals surface area (Å²) in [5, 5.41) is 23.1. The number of fused-ring (bicyclic) bond motifs is 1. The van der Waals surface area contributed by atoms with E-state index in [0.717, 1.165) is 47.6 Å². The molecule has 2 aliphatic heterocycles. The Morgan fingerprint density at radius 1 is 1.07 bits per heavy atom. The monoisotopic (exact) mass is 652 g/mol. The van der Waals surface area contributed by atoms with Gasteiger partial charge in [-0.2, -0.15) is 25.8 Å². The molecule has 0 saturated carbocycles. The average Bonchev–Trinajstić information content (AvgIpc) is 3.00. The Morgan fingerprint density at radius 3 is 2.22 bits per heavy atom. The number of pyridine rings is 2. The summed E-state index contributed by atoms with van der Waals surface area (Å²) in [6.45, 7) is 15.2. The van der Waals surface area contributed by atoms with Crippen LogP contribution in [0.1, 0.15) is 131 Å². The highest BCUT2D eigenvalue weighted by Gasteiger charge is 2.39. The fraction of sp³-hybridized carbons (Fsp3) is 0.657. The third-order valence-corrected chi connectivity index (χ3v) is 8.73. The number of aromatic nitrogens is 2. The zero-order valence-electron chi connectivity index (χ0n) is 27.8. The first-order chi connectivity index (χ1) is 21.1. The van der Waals surface area contributed by atoms with Crippen LogP contribution in [0.3, 0.4) is 0 Å². The molecule has 2 aromatic rings. The summed E-state index contributed by atoms with van der Waals surface area (Å²) < 4.78 is 50.7. The van der Waals surface area contributed by atoms with Gasteiger partial charge in [-0.15, -0.1) is 0 Å². The molecule has 0 amide bonds. The van der Waals surface area contributed by atoms with Crippen LogP contribution < -0.4 is 0 Å². The number of nitrogens with zero attached hydrogens (tertiary/aromatic N) is 2. The molecule has 3 aliphatic rings. The summed E-state index contributed by atoms with van der Waals surface area (Å²) in [4.78, 5) is 9.12. The minimum Gasteiger partial charge on any atom is -0.388 e. The van der Waals surface area contributed by atoms with Gasteiger partial charge in [0.15, 0.2) is 0 Å². The fourth-order valence-electron chi connectivity index (χ4n) is 5.87. The van der Waals surface area contributed by atoms with E-state index >= 15 is 0 Å². The maximum atomic E-state index is 13.2. The molecule has 252 valence electrons. The zero-order valence-corrected chi connectivity index (χ0v) is 28.7. The van der Waals surface area contributed by atoms with Crippen LogP contribution in [0.4, 0.5) is 13.2 Å². The molecule has 1 fully saturated rings. The van der Waals surface area contributed by atoms with Crippen molar-refractivity contribution in [1.82, 2.24) is 9.97 Å². The molecule has 5 rings (SSSR count). The molecule has 0 bridgehead atoms. The van der Waals surface area contributed by atoms with Gasteiger partial charge in [-0.05, 0) is 72.5 Å². The number of rotatable bonds is 4. The number of hydrogen-bond acceptors (Lipinski definition) is 7. The molecule has 10 heteroatoms. The topological polar surface area (TPSA) is 84.7 Å². The molecule has 1 saturated heterocycles. The summed E-state index contributed by atoms with van der Waals surface area (Å²) in [7, 11) is 0. The minimum atomic E-state index is -4.52. The Morgan fingerprint density at radius 2 is 1.71 bits per heavy atom. The van der Waals surface area contributed by atoms with E-state index in [9.17, 15) is 23.4 Å². The van der Waals surface area contributed by atoms with E-state index in [4.69, 9.17) is 14.5 Å². The van der Waals surface area contributed by atoms with E-state index in [1.54, 1.807) is 6.26 Å². The molecule has 0 spiro atoms. The molecule has 0 aromatic carbocycles. The van der Waals surface area contributed by atoms with Crippen LogP contribution in [-0.4, -0.2) is 52.9 Å². The third-order valence-electron chi connectivity index (χ3n) is 8.73. The van der Waals surface area contributed by atoms with Gasteiger partial charge in [-0.3, -0.25) is 9.97 Å². The van der Waals surface area contributed by atoms with E-state index in [1.165, 1.54) is 12.5 Å². The van der Waals surface area contributed by atoms with Gasteiger partial charge in [-0.25, -0.2) is 0 Å². The Labute approximate surface area is 272 Å². The second-order valence-electron chi connectivity index (χ2n) is 13.9. The average molecular weight is 653 g/mol. The van der Waals surface area contributed by atoms with E-state index < -0.39 is 23.9 Å². The van der Waals surface area contributed by atoms with Crippen molar-refractivity contribution in [3.05, 3.63) is 63.7 Å². The Bertz CT molecular complexity index is 1280. The quantitative estimate of drug-likeness (QED) is 0.289. The Kier molecular flexibility index (Phi) is 13.1. The molecule has 4 heterocycles. The van der Waals surface area contributed by atoms with Crippen molar-refractivity contribution < 1.29 is 32.9 Å². The highest BCUT2D eigenvalue weighted by molar-refractivity contribution is 7.79. The lowest BCUT2D eigenvalue weighted by atomic mass is 9.71. The van der Waals surface area contributed by atoms with Crippen molar-refractivity contribution >= 4 is 18.2 Å². The molecule has 45 heavy (non-hydrogen) atoms. The van der Waals surface area contributed by atoms with Gasteiger partial charge in [0.1, 0.15) is 6.10 Å². The number of aliphatic hydroxyl groups excluding tert-OH is 2. The van der Waals surface area contributed by atoms with Gasteiger partial charge in [0.25, 0.3) is 0 Å². The molecular weight excluding hydrogens is 601 g/mol. The summed E-state index contributed by atoms with van der Waals surface area (Å²) in [6, 6.07) is 2.17. The molecule has 6 nitrogen and oxygen atoms in total. The normalized spacial score (nSPS) is 20.9. The van der Waals surface area contributed by atoms with E-state index in [2.05, 4.69) is 59.2 Å². The largest absolute Gasteiger partial charge is 0.417 e. The number of thiol groups is 1. The standard InChI is InChI=1S/C28H33F3N2O4.C6H14.CH4S/c1-27(2)13-20-23(21(34)14-27)22(16-5-9-36-10-6-16)24(25(33-20)17-7-11-37-12-8-17)26(35)19-4-3-18(15-32-19)28(29,30)31;1-5-6(2,3)4;1-2/h3-5,15,17,21,26,34-35H,6-14H2,1-2H3;5H2,1-4H3;2H,1H3. The summed E-state index contributed by atoms with van der Waals surface area (Å²) >= 11 is 3.53. The van der Waals surface area contributed by atoms with Crippen LogP contribution in [0, 0.1) is 10.8 Å². The highest BCUT2D eigenvalue weighted by Crippen LogP contribution is 2.48. The van der Waals surface area contributed by atoms with Crippen molar-refractivity contribution in [3.8, 4) is 0 Å². The maximum absolute atomic E-state index is 13.2. The molecule has 1 aliphatic carbocycles. The summed E-state index contributed by atoms with van der Waals surface area (Å²) in [6.07, 6.45) is 2.35. The predicted octanol–water partition coefficient (Wildman–Crippen LogP) is 8.27. The molecular formula is C35H51F3N2O4S. The van der Waals surface area contributed by atoms with Gasteiger partial charge in [0.2, 0.25) is 0 Å². The Hall–Kier alpha value is -1.98. The van der Waals surface area contributed by atoms with Crippen LogP contribution in [-0.2, 0) is 22.1 Å². The lowest BCUT2D eigenvalue weighted by Gasteiger charge is -2.38. The number of halogens is 3. The first kappa shape index (κ1) is 37.5. The van der Waals surface area contributed by atoms with Crippen molar-refractivity contribution in [1.29, 1.82) is 0 Å². The number of hydrogen-bond donors (Lipinski definition) is 3. The molecule has 2 unspecified atom stereocenters. The van der Waals surface area contributed by atoms with Gasteiger partial charge < -0.3 is 19.7 Å². The predicted molar refractivity (Wildman–Crippen MR) is 175 cm³/mol. The smallest absolute Gasteiger partial charge is 0.388 e. The second kappa shape index (κ2) is 15.7. The van der Waals surface area contributed by atoms with Gasteiger partial charge in [-0.1, -0.05) is 54.0 Å². The van der Waals surface area contributed by atoms with E-state index in [-0.39, 0.29) is 17.0 Å². The van der Waals surface area contributed by atoms with Crippen LogP contribution in [0.5, 0.6) is 0 Å². The van der Waals surface area contributed by atoms with Crippen LogP contribution in [0.2, 0.25) is 0 Å². The van der Waals surface area contributed by atoms with E-state index in [0.29, 0.717) is 62.2 Å². The fourth-order valence-corrected chi connectivity index (χ4v) is 5.87. The number of ether oxygens (including phenoxy) is 2. The Balaban J connectivity index is 0.000000620. The maximum Gasteiger partial charge on any atom is 0.417 e. The van der Waals surface area contributed by atoms with Gasteiger partial charge in [0, 0.05) is 42.1 Å². The molecule has 0 radical (unpaired) electrons. The van der Waals surface area contributed by atoms with Crippen molar-refractivity contribution in [3.63, 3.8) is 0 Å². The van der Waals surface area contributed by atoms with Crippen LogP contribution in [0.15, 0.2) is 24.4 Å². The lowest BCUT2D eigenvalue weighted by Crippen LogP contribution is -2.31. The van der Waals surface area contributed by atoms with Gasteiger partial charge >= 0.3 is 6.18 Å². The van der Waals surface area contributed by atoms with Crippen molar-refractivity contribution in [2.75, 3.05) is 32.7 Å². The van der Waals surface area contributed by atoms with Gasteiger partial charge in [0.05, 0.1) is 36.3 Å². The highest BCUT2D eigenvalue weighted by atomic mass is 32.1. The SMILES string of the molecule is CC1(C)Cc2nc(C3CCOCC3)c(C(O)c3ccc(C(F)(F)F)cn3)c(C3=CCOCC3)c2C(O)C1.CCC(C)(C)C.CS. The summed E-state index contributed by atoms with van der Waals surface area (Å²) in [5.41, 5.74) is 4.14. The third kappa shape index (κ3) is 9.76. The minimum absolute atomic E-state index is 0.0134. The van der Waals surface area contributed by atoms with Crippen LogP contribution in [0.25, 0.3) is 5.57 Å². The van der Waals surface area contributed by atoms with Crippen LogP contribution >= 0.6 is 12.6 Å². The first-order valence-electron chi connectivity index (χ1n) is 15.9. The molecule has 2 N–H and O–H groups in total. The van der Waals surface area contributed by atoms with Crippen molar-refractivity contribution in [2.24, 2.45) is 10.8 Å². The van der Waals surface area contributed by atoms with E-state index in [1.807, 2.05) is 6.08 Å².